The molecule has 0 atom stereocenters. The Balaban J connectivity index is 1.72. The summed E-state index contributed by atoms with van der Waals surface area (Å²) < 4.78 is 1.57. The van der Waals surface area contributed by atoms with Crippen molar-refractivity contribution < 1.29 is 20.1 Å². The number of phenols is 3. The average molecular weight is 451 g/mol. The van der Waals surface area contributed by atoms with E-state index in [9.17, 15) is 20.1 Å². The molecule has 4 N–H and O–H groups in total. The van der Waals surface area contributed by atoms with Crippen molar-refractivity contribution in [2.24, 2.45) is 0 Å². The van der Waals surface area contributed by atoms with Gasteiger partial charge in [-0.2, -0.15) is 0 Å². The molecule has 29 heavy (non-hydrogen) atoms. The number of hydrogen-bond acceptors (Lipinski definition) is 5. The number of nitrogens with one attached hydrogen (secondary N) is 1. The van der Waals surface area contributed by atoms with E-state index in [1.807, 2.05) is 60.7 Å². The SMILES string of the molecule is O=C(Nc1nc(-c2ccccc2)c(-c2ccccc2)[se]1)c1cc(O)c(O)c(O)c1. The Labute approximate surface area is 172 Å². The number of nitrogens with zero attached hydrogens (tertiary/aromatic N) is 1. The number of rotatable bonds is 4. The molecular formula is C22H16N2O4Se. The molecular weight excluding hydrogens is 435 g/mol. The Kier molecular flexibility index (Phi) is 5.08. The molecule has 3 aromatic carbocycles. The predicted octanol–water partition coefficient (Wildman–Crippen LogP) is 3.84. The van der Waals surface area contributed by atoms with Crippen molar-refractivity contribution in [2.45, 2.75) is 0 Å². The zero-order valence-electron chi connectivity index (χ0n) is 15.0. The van der Waals surface area contributed by atoms with Gasteiger partial charge in [0, 0.05) is 0 Å². The third-order valence-electron chi connectivity index (χ3n) is 4.26. The molecule has 0 unspecified atom stereocenters. The molecule has 0 aliphatic rings. The second kappa shape index (κ2) is 7.83. The van der Waals surface area contributed by atoms with Crippen LogP contribution in [0.1, 0.15) is 10.4 Å². The first kappa shape index (κ1) is 18.8. The van der Waals surface area contributed by atoms with Gasteiger partial charge in [-0.25, -0.2) is 0 Å². The molecule has 6 nitrogen and oxygen atoms in total. The van der Waals surface area contributed by atoms with Crippen molar-refractivity contribution in [1.82, 2.24) is 4.98 Å². The van der Waals surface area contributed by atoms with Crippen LogP contribution in [0, 0.1) is 0 Å². The number of aromatic hydroxyl groups is 3. The van der Waals surface area contributed by atoms with E-state index >= 15 is 0 Å². The Morgan fingerprint density at radius 2 is 1.38 bits per heavy atom. The molecule has 1 amide bonds. The van der Waals surface area contributed by atoms with E-state index in [4.69, 9.17) is 0 Å². The Morgan fingerprint density at radius 3 is 1.97 bits per heavy atom. The summed E-state index contributed by atoms with van der Waals surface area (Å²) in [6.07, 6.45) is 0. The average Bonchev–Trinajstić information content (AvgIpc) is 3.16. The van der Waals surface area contributed by atoms with E-state index in [1.165, 1.54) is 0 Å². The van der Waals surface area contributed by atoms with Crippen LogP contribution in [0.4, 0.5) is 4.69 Å². The normalized spacial score (nSPS) is 10.6. The summed E-state index contributed by atoms with van der Waals surface area (Å²) in [5.74, 6) is -2.33. The van der Waals surface area contributed by atoms with Crippen LogP contribution in [0.2, 0.25) is 0 Å². The molecule has 0 saturated heterocycles. The van der Waals surface area contributed by atoms with Crippen molar-refractivity contribution >= 4 is 25.1 Å². The minimum absolute atomic E-state index is 0.0192. The summed E-state index contributed by atoms with van der Waals surface area (Å²) in [5.41, 5.74) is 2.82. The quantitative estimate of drug-likeness (QED) is 0.279. The molecule has 1 heterocycles. The van der Waals surface area contributed by atoms with Crippen LogP contribution in [-0.4, -0.2) is 40.7 Å². The van der Waals surface area contributed by atoms with Gasteiger partial charge in [-0.1, -0.05) is 0 Å². The first-order valence-corrected chi connectivity index (χ1v) is 10.4. The number of anilines is 1. The van der Waals surface area contributed by atoms with Crippen LogP contribution < -0.4 is 5.32 Å². The zero-order valence-corrected chi connectivity index (χ0v) is 16.7. The molecule has 1 aromatic heterocycles. The molecule has 0 aliphatic heterocycles. The monoisotopic (exact) mass is 452 g/mol. The second-order valence-corrected chi connectivity index (χ2v) is 8.34. The summed E-state index contributed by atoms with van der Waals surface area (Å²) in [4.78, 5) is 17.3. The fourth-order valence-corrected chi connectivity index (χ4v) is 4.93. The van der Waals surface area contributed by atoms with Crippen molar-refractivity contribution in [3.05, 3.63) is 78.4 Å². The van der Waals surface area contributed by atoms with Crippen LogP contribution in [0.15, 0.2) is 72.8 Å². The number of phenolic OH excluding ortho intramolecular Hbond substituents is 3. The molecule has 0 radical (unpaired) electrons. The van der Waals surface area contributed by atoms with E-state index < -0.39 is 23.2 Å². The Morgan fingerprint density at radius 1 is 0.828 bits per heavy atom. The Hall–Kier alpha value is -3.54. The number of amides is 1. The number of carbonyl (C=O) groups is 1. The summed E-state index contributed by atoms with van der Waals surface area (Å²) >= 11 is -0.247. The van der Waals surface area contributed by atoms with Crippen LogP contribution in [0.25, 0.3) is 21.3 Å². The van der Waals surface area contributed by atoms with Gasteiger partial charge in [0.15, 0.2) is 0 Å². The Bertz CT molecular complexity index is 1090. The number of aromatic nitrogens is 1. The summed E-state index contributed by atoms with van der Waals surface area (Å²) in [6.45, 7) is 0. The second-order valence-electron chi connectivity index (χ2n) is 6.25. The maximum absolute atomic E-state index is 12.6. The summed E-state index contributed by atoms with van der Waals surface area (Å²) in [5, 5.41) is 31.5. The van der Waals surface area contributed by atoms with E-state index in [0.29, 0.717) is 4.69 Å². The molecule has 7 heteroatoms. The summed E-state index contributed by atoms with van der Waals surface area (Å²) in [7, 11) is 0. The third kappa shape index (κ3) is 3.87. The molecule has 0 aliphatic carbocycles. The third-order valence-corrected chi connectivity index (χ3v) is 6.40. The van der Waals surface area contributed by atoms with Crippen LogP contribution in [-0.2, 0) is 0 Å². The van der Waals surface area contributed by atoms with Crippen LogP contribution in [0.3, 0.4) is 0 Å². The van der Waals surface area contributed by atoms with E-state index in [1.54, 1.807) is 0 Å². The first-order chi connectivity index (χ1) is 14.0. The fraction of sp³-hybridized carbons (Fsp3) is 0. The van der Waals surface area contributed by atoms with Gasteiger partial charge in [0.25, 0.3) is 0 Å². The zero-order chi connectivity index (χ0) is 20.4. The number of hydrogen-bond donors (Lipinski definition) is 4. The molecule has 144 valence electrons. The van der Waals surface area contributed by atoms with Crippen molar-refractivity contribution in [3.63, 3.8) is 0 Å². The summed E-state index contributed by atoms with van der Waals surface area (Å²) in [6, 6.07) is 21.8. The molecule has 0 fully saturated rings. The molecule has 0 spiro atoms. The predicted molar refractivity (Wildman–Crippen MR) is 111 cm³/mol. The minimum atomic E-state index is -0.664. The number of benzene rings is 3. The van der Waals surface area contributed by atoms with Crippen molar-refractivity contribution in [2.75, 3.05) is 5.32 Å². The van der Waals surface area contributed by atoms with Gasteiger partial charge in [-0.15, -0.1) is 0 Å². The van der Waals surface area contributed by atoms with E-state index in [2.05, 4.69) is 10.3 Å². The topological polar surface area (TPSA) is 103 Å². The van der Waals surface area contributed by atoms with Gasteiger partial charge in [-0.05, 0) is 0 Å². The van der Waals surface area contributed by atoms with E-state index in [-0.39, 0.29) is 20.1 Å². The maximum atomic E-state index is 12.6. The van der Waals surface area contributed by atoms with Crippen LogP contribution in [0.5, 0.6) is 17.2 Å². The van der Waals surface area contributed by atoms with Gasteiger partial charge in [-0.3, -0.25) is 0 Å². The van der Waals surface area contributed by atoms with Crippen LogP contribution >= 0.6 is 0 Å². The van der Waals surface area contributed by atoms with Gasteiger partial charge in [0.2, 0.25) is 0 Å². The molecule has 4 aromatic rings. The number of carbonyl (C=O) groups excluding carboxylic acids is 1. The van der Waals surface area contributed by atoms with Gasteiger partial charge >= 0.3 is 172 Å². The van der Waals surface area contributed by atoms with Crippen molar-refractivity contribution in [1.29, 1.82) is 0 Å². The standard InChI is InChI=1S/C22H16N2O4Se/c25-16-11-15(12-17(26)19(16)27)21(28)24-22-23-18(13-7-3-1-4-8-13)20(29-22)14-9-5-2-6-10-14/h1-12,25-27H,(H,23,24,28). The fourth-order valence-electron chi connectivity index (χ4n) is 2.86. The van der Waals surface area contributed by atoms with Crippen molar-refractivity contribution in [3.8, 4) is 38.5 Å². The van der Waals surface area contributed by atoms with E-state index in [0.717, 1.165) is 33.4 Å². The van der Waals surface area contributed by atoms with Gasteiger partial charge < -0.3 is 0 Å². The first-order valence-electron chi connectivity index (χ1n) is 8.71. The van der Waals surface area contributed by atoms with Gasteiger partial charge in [0.1, 0.15) is 0 Å². The molecule has 4 rings (SSSR count). The molecule has 0 bridgehead atoms. The molecule has 0 saturated carbocycles. The van der Waals surface area contributed by atoms with Gasteiger partial charge in [0.05, 0.1) is 0 Å².